The lowest BCUT2D eigenvalue weighted by atomic mass is 10.2. The largest absolute Gasteiger partial charge is 0.365 e. The summed E-state index contributed by atoms with van der Waals surface area (Å²) in [5.41, 5.74) is -0.00945. The average molecular weight is 281 g/mol. The second-order valence-electron chi connectivity index (χ2n) is 5.05. The van der Waals surface area contributed by atoms with Crippen LogP contribution in [0, 0.1) is 15.9 Å². The smallest absolute Gasteiger partial charge is 0.327 e. The lowest BCUT2D eigenvalue weighted by molar-refractivity contribution is -0.386. The number of hydrogen-bond donors (Lipinski definition) is 0. The van der Waals surface area contributed by atoms with Gasteiger partial charge in [-0.3, -0.25) is 10.1 Å². The Labute approximate surface area is 118 Å². The van der Waals surface area contributed by atoms with Crippen LogP contribution in [0.3, 0.4) is 0 Å². The predicted octanol–water partition coefficient (Wildman–Crippen LogP) is 2.66. The second kappa shape index (κ2) is 6.65. The van der Waals surface area contributed by atoms with Gasteiger partial charge in [0.05, 0.1) is 4.92 Å². The van der Waals surface area contributed by atoms with Crippen LogP contribution >= 0.6 is 0 Å². The number of hydrogen-bond acceptors (Lipinski definition) is 4. The van der Waals surface area contributed by atoms with Gasteiger partial charge in [0.1, 0.15) is 5.69 Å². The van der Waals surface area contributed by atoms with Crippen LogP contribution in [0.15, 0.2) is 18.2 Å². The maximum Gasteiger partial charge on any atom is 0.327 e. The third-order valence-electron chi connectivity index (χ3n) is 3.62. The van der Waals surface area contributed by atoms with Gasteiger partial charge in [0.25, 0.3) is 0 Å². The molecule has 0 radical (unpaired) electrons. The number of para-hydroxylation sites is 1. The van der Waals surface area contributed by atoms with Crippen LogP contribution in [0.25, 0.3) is 0 Å². The van der Waals surface area contributed by atoms with E-state index in [2.05, 4.69) is 11.8 Å². The van der Waals surface area contributed by atoms with Gasteiger partial charge in [-0.15, -0.1) is 0 Å². The Bertz CT molecular complexity index is 481. The highest BCUT2D eigenvalue weighted by Crippen LogP contribution is 2.31. The van der Waals surface area contributed by atoms with Crippen molar-refractivity contribution in [2.75, 3.05) is 37.6 Å². The summed E-state index contributed by atoms with van der Waals surface area (Å²) in [7, 11) is 0. The number of nitrogens with zero attached hydrogens (tertiary/aromatic N) is 3. The monoisotopic (exact) mass is 281 g/mol. The quantitative estimate of drug-likeness (QED) is 0.629. The third-order valence-corrected chi connectivity index (χ3v) is 3.62. The maximum absolute atomic E-state index is 13.7. The van der Waals surface area contributed by atoms with Gasteiger partial charge in [-0.1, -0.05) is 13.0 Å². The van der Waals surface area contributed by atoms with Gasteiger partial charge >= 0.3 is 5.69 Å². The van der Waals surface area contributed by atoms with Gasteiger partial charge in [0.2, 0.25) is 5.82 Å². The Hall–Kier alpha value is -1.69. The molecule has 1 saturated heterocycles. The van der Waals surface area contributed by atoms with E-state index in [0.717, 1.165) is 45.1 Å². The zero-order valence-electron chi connectivity index (χ0n) is 11.7. The molecule has 2 rings (SSSR count). The van der Waals surface area contributed by atoms with Gasteiger partial charge < -0.3 is 9.80 Å². The Morgan fingerprint density at radius 1 is 1.30 bits per heavy atom. The minimum absolute atomic E-state index is 0.397. The molecule has 6 heteroatoms. The molecule has 20 heavy (non-hydrogen) atoms. The second-order valence-corrected chi connectivity index (χ2v) is 5.05. The lowest BCUT2D eigenvalue weighted by Crippen LogP contribution is -2.31. The maximum atomic E-state index is 13.7. The van der Waals surface area contributed by atoms with Crippen LogP contribution in [0.5, 0.6) is 0 Å². The van der Waals surface area contributed by atoms with E-state index >= 15 is 0 Å². The summed E-state index contributed by atoms with van der Waals surface area (Å²) in [6.07, 6.45) is 2.04. The number of halogens is 1. The molecule has 1 fully saturated rings. The molecular weight excluding hydrogens is 261 g/mol. The summed E-state index contributed by atoms with van der Waals surface area (Å²) >= 11 is 0. The molecule has 5 nitrogen and oxygen atoms in total. The van der Waals surface area contributed by atoms with Crippen molar-refractivity contribution in [2.24, 2.45) is 0 Å². The molecule has 1 aliphatic rings. The fourth-order valence-electron chi connectivity index (χ4n) is 2.69. The van der Waals surface area contributed by atoms with Crippen molar-refractivity contribution in [3.63, 3.8) is 0 Å². The standard InChI is InChI=1S/C14H20FN3O2/c1-2-7-16-8-4-9-17(11-10-16)13-6-3-5-12(15)14(13)18(19)20/h3,5-6H,2,4,7-11H2,1H3. The van der Waals surface area contributed by atoms with Crippen LogP contribution < -0.4 is 4.90 Å². The van der Waals surface area contributed by atoms with Crippen LogP contribution in [0.2, 0.25) is 0 Å². The Morgan fingerprint density at radius 3 is 2.80 bits per heavy atom. The van der Waals surface area contributed by atoms with Crippen LogP contribution in [0.1, 0.15) is 19.8 Å². The van der Waals surface area contributed by atoms with Crippen molar-refractivity contribution in [1.82, 2.24) is 4.90 Å². The van der Waals surface area contributed by atoms with Crippen molar-refractivity contribution in [3.05, 3.63) is 34.1 Å². The third kappa shape index (κ3) is 3.25. The molecule has 1 aromatic carbocycles. The highest BCUT2D eigenvalue weighted by atomic mass is 19.1. The van der Waals surface area contributed by atoms with E-state index in [1.807, 2.05) is 4.90 Å². The van der Waals surface area contributed by atoms with Crippen molar-refractivity contribution < 1.29 is 9.31 Å². The van der Waals surface area contributed by atoms with Crippen molar-refractivity contribution in [1.29, 1.82) is 0 Å². The first-order chi connectivity index (χ1) is 9.63. The molecule has 0 bridgehead atoms. The molecule has 0 N–H and O–H groups in total. The van der Waals surface area contributed by atoms with Gasteiger partial charge in [-0.25, -0.2) is 0 Å². The molecule has 0 saturated carbocycles. The molecular formula is C14H20FN3O2. The first-order valence-corrected chi connectivity index (χ1v) is 7.03. The van der Waals surface area contributed by atoms with E-state index in [1.165, 1.54) is 6.07 Å². The molecule has 0 atom stereocenters. The molecule has 110 valence electrons. The number of anilines is 1. The summed E-state index contributed by atoms with van der Waals surface area (Å²) in [5, 5.41) is 11.1. The van der Waals surface area contributed by atoms with E-state index in [0.29, 0.717) is 12.2 Å². The topological polar surface area (TPSA) is 49.6 Å². The van der Waals surface area contributed by atoms with E-state index in [9.17, 15) is 14.5 Å². The Balaban J connectivity index is 2.20. The van der Waals surface area contributed by atoms with Gasteiger partial charge in [0, 0.05) is 19.6 Å². The molecule has 1 aromatic rings. The highest BCUT2D eigenvalue weighted by molar-refractivity contribution is 5.63. The summed E-state index contributed by atoms with van der Waals surface area (Å²) in [6, 6.07) is 4.31. The first-order valence-electron chi connectivity index (χ1n) is 7.03. The summed E-state index contributed by atoms with van der Waals surface area (Å²) in [6.45, 7) is 6.46. The number of benzene rings is 1. The minimum atomic E-state index is -0.762. The Kier molecular flexibility index (Phi) is 4.89. The van der Waals surface area contributed by atoms with Crippen LogP contribution in [-0.2, 0) is 0 Å². The predicted molar refractivity (Wildman–Crippen MR) is 76.6 cm³/mol. The van der Waals surface area contributed by atoms with Crippen molar-refractivity contribution in [2.45, 2.75) is 19.8 Å². The highest BCUT2D eigenvalue weighted by Gasteiger charge is 2.25. The van der Waals surface area contributed by atoms with Crippen molar-refractivity contribution >= 4 is 11.4 Å². The van der Waals surface area contributed by atoms with Gasteiger partial charge in [-0.05, 0) is 38.1 Å². The lowest BCUT2D eigenvalue weighted by Gasteiger charge is -2.23. The molecule has 0 amide bonds. The van der Waals surface area contributed by atoms with Crippen molar-refractivity contribution in [3.8, 4) is 0 Å². The van der Waals surface area contributed by atoms with E-state index in [4.69, 9.17) is 0 Å². The molecule has 0 unspecified atom stereocenters. The normalized spacial score (nSPS) is 17.0. The SMILES string of the molecule is CCCN1CCCN(c2cccc(F)c2[N+](=O)[O-])CC1. The average Bonchev–Trinajstić information content (AvgIpc) is 2.64. The van der Waals surface area contributed by atoms with Crippen LogP contribution in [0.4, 0.5) is 15.8 Å². The number of rotatable bonds is 4. The zero-order valence-corrected chi connectivity index (χ0v) is 11.7. The van der Waals surface area contributed by atoms with Crippen LogP contribution in [-0.4, -0.2) is 42.5 Å². The molecule has 0 aliphatic carbocycles. The van der Waals surface area contributed by atoms with E-state index < -0.39 is 16.4 Å². The number of nitro benzene ring substituents is 1. The first kappa shape index (κ1) is 14.7. The van der Waals surface area contributed by atoms with E-state index in [-0.39, 0.29) is 0 Å². The number of nitro groups is 1. The fourth-order valence-corrected chi connectivity index (χ4v) is 2.69. The summed E-state index contributed by atoms with van der Waals surface area (Å²) < 4.78 is 13.7. The fraction of sp³-hybridized carbons (Fsp3) is 0.571. The molecule has 1 aliphatic heterocycles. The minimum Gasteiger partial charge on any atom is -0.365 e. The summed E-state index contributed by atoms with van der Waals surface area (Å²) in [4.78, 5) is 14.7. The summed E-state index contributed by atoms with van der Waals surface area (Å²) in [5.74, 6) is -0.762. The van der Waals surface area contributed by atoms with Gasteiger partial charge in [-0.2, -0.15) is 4.39 Å². The molecule has 0 aromatic heterocycles. The zero-order chi connectivity index (χ0) is 14.5. The molecule has 0 spiro atoms. The molecule has 1 heterocycles. The Morgan fingerprint density at radius 2 is 2.10 bits per heavy atom. The van der Waals surface area contributed by atoms with E-state index in [1.54, 1.807) is 6.07 Å². The van der Waals surface area contributed by atoms with Gasteiger partial charge in [0.15, 0.2) is 0 Å².